The fourth-order valence-electron chi connectivity index (χ4n) is 2.96. The third kappa shape index (κ3) is 4.99. The van der Waals surface area contributed by atoms with Crippen molar-refractivity contribution in [2.45, 2.75) is 26.9 Å². The average molecular weight is 294 g/mol. The quantitative estimate of drug-likeness (QED) is 0.620. The highest BCUT2D eigenvalue weighted by atomic mass is 16.5. The van der Waals surface area contributed by atoms with Gasteiger partial charge < -0.3 is 19.6 Å². The summed E-state index contributed by atoms with van der Waals surface area (Å²) in [5.74, 6) is 0.893. The highest BCUT2D eigenvalue weighted by molar-refractivity contribution is 5.35. The number of nitrogens with one attached hydrogen (secondary N) is 2. The van der Waals surface area contributed by atoms with Gasteiger partial charge in [-0.3, -0.25) is 0 Å². The van der Waals surface area contributed by atoms with Crippen molar-refractivity contribution in [2.24, 2.45) is 0 Å². The van der Waals surface area contributed by atoms with Crippen LogP contribution in [0, 0.1) is 13.8 Å². The summed E-state index contributed by atoms with van der Waals surface area (Å²) >= 11 is 0. The molecule has 1 aliphatic heterocycles. The molecule has 4 nitrogen and oxygen atoms in total. The zero-order valence-corrected chi connectivity index (χ0v) is 13.6. The lowest BCUT2D eigenvalue weighted by atomic mass is 10.1. The second-order valence-corrected chi connectivity index (χ2v) is 6.29. The van der Waals surface area contributed by atoms with Crippen LogP contribution in [0.15, 0.2) is 18.2 Å². The van der Waals surface area contributed by atoms with Gasteiger partial charge in [-0.05, 0) is 38.0 Å². The van der Waals surface area contributed by atoms with Crippen molar-refractivity contribution < 1.29 is 19.6 Å². The number of rotatable bonds is 6. The number of aryl methyl sites for hydroxylation is 2. The summed E-state index contributed by atoms with van der Waals surface area (Å²) in [4.78, 5) is 3.18. The van der Waals surface area contributed by atoms with Crippen molar-refractivity contribution in [2.75, 3.05) is 45.9 Å². The van der Waals surface area contributed by atoms with Crippen LogP contribution in [-0.2, 0) is 0 Å². The van der Waals surface area contributed by atoms with Gasteiger partial charge in [-0.2, -0.15) is 0 Å². The third-order valence-corrected chi connectivity index (χ3v) is 4.46. The molecule has 1 heterocycles. The first kappa shape index (κ1) is 16.3. The lowest BCUT2D eigenvalue weighted by molar-refractivity contribution is -1.01. The Labute approximate surface area is 128 Å². The summed E-state index contributed by atoms with van der Waals surface area (Å²) in [6, 6.07) is 6.19. The molecule has 3 N–H and O–H groups in total. The van der Waals surface area contributed by atoms with Crippen LogP contribution in [0.1, 0.15) is 18.1 Å². The minimum atomic E-state index is -0.386. The standard InChI is InChI=1S/C17H28N2O2/c1-4-18-7-9-19(10-8-18)12-16(20)13-21-17-11-14(2)5-6-15(17)3/h5-6,11,16,20H,4,7-10,12-13H2,1-3H3/p+2/t16-/m1/s1. The van der Waals surface area contributed by atoms with Crippen LogP contribution in [-0.4, -0.2) is 57.1 Å². The predicted molar refractivity (Wildman–Crippen MR) is 84.2 cm³/mol. The molecule has 2 rings (SSSR count). The highest BCUT2D eigenvalue weighted by Gasteiger charge is 2.24. The van der Waals surface area contributed by atoms with E-state index in [0.717, 1.165) is 30.9 Å². The van der Waals surface area contributed by atoms with E-state index in [4.69, 9.17) is 4.74 Å². The predicted octanol–water partition coefficient (Wildman–Crippen LogP) is -1.15. The van der Waals surface area contributed by atoms with E-state index in [-0.39, 0.29) is 6.10 Å². The Kier molecular flexibility index (Phi) is 6.03. The van der Waals surface area contributed by atoms with Crippen molar-refractivity contribution in [3.63, 3.8) is 0 Å². The number of hydrogen-bond acceptors (Lipinski definition) is 2. The monoisotopic (exact) mass is 294 g/mol. The number of likely N-dealkylation sites (N-methyl/N-ethyl adjacent to an activating group) is 1. The molecule has 1 aromatic carbocycles. The van der Waals surface area contributed by atoms with E-state index >= 15 is 0 Å². The zero-order valence-electron chi connectivity index (χ0n) is 13.6. The van der Waals surface area contributed by atoms with Crippen molar-refractivity contribution in [3.05, 3.63) is 29.3 Å². The Morgan fingerprint density at radius 2 is 1.81 bits per heavy atom. The number of quaternary nitrogens is 2. The second-order valence-electron chi connectivity index (χ2n) is 6.29. The van der Waals surface area contributed by atoms with E-state index in [9.17, 15) is 5.11 Å². The molecule has 0 radical (unpaired) electrons. The van der Waals surface area contributed by atoms with E-state index in [1.807, 2.05) is 13.0 Å². The number of aliphatic hydroxyl groups is 1. The van der Waals surface area contributed by atoms with Gasteiger partial charge in [-0.15, -0.1) is 0 Å². The van der Waals surface area contributed by atoms with Gasteiger partial charge >= 0.3 is 0 Å². The number of hydrogen-bond donors (Lipinski definition) is 3. The fourth-order valence-corrected chi connectivity index (χ4v) is 2.96. The lowest BCUT2D eigenvalue weighted by Gasteiger charge is -2.30. The molecular formula is C17H30N2O2+2. The maximum Gasteiger partial charge on any atom is 0.137 e. The smallest absolute Gasteiger partial charge is 0.137 e. The van der Waals surface area contributed by atoms with E-state index in [1.165, 1.54) is 30.1 Å². The van der Waals surface area contributed by atoms with Gasteiger partial charge in [0.05, 0.1) is 6.54 Å². The first-order valence-corrected chi connectivity index (χ1v) is 8.13. The van der Waals surface area contributed by atoms with Crippen LogP contribution in [0.25, 0.3) is 0 Å². The maximum absolute atomic E-state index is 10.2. The molecule has 0 unspecified atom stereocenters. The number of piperazine rings is 1. The molecule has 1 aliphatic rings. The Hall–Kier alpha value is -1.10. The summed E-state index contributed by atoms with van der Waals surface area (Å²) in [6.45, 7) is 13.5. The number of benzene rings is 1. The summed E-state index contributed by atoms with van der Waals surface area (Å²) in [7, 11) is 0. The molecule has 1 atom stereocenters. The Bertz CT molecular complexity index is 442. The van der Waals surface area contributed by atoms with Crippen molar-refractivity contribution >= 4 is 0 Å². The van der Waals surface area contributed by atoms with Gasteiger partial charge in [0.15, 0.2) is 0 Å². The topological polar surface area (TPSA) is 38.3 Å². The molecule has 1 fully saturated rings. The maximum atomic E-state index is 10.2. The Balaban J connectivity index is 1.75. The Morgan fingerprint density at radius 1 is 1.14 bits per heavy atom. The van der Waals surface area contributed by atoms with Gasteiger partial charge in [0, 0.05) is 0 Å². The first-order valence-electron chi connectivity index (χ1n) is 8.13. The van der Waals surface area contributed by atoms with Crippen LogP contribution in [0.3, 0.4) is 0 Å². The molecule has 1 saturated heterocycles. The summed E-state index contributed by atoms with van der Waals surface area (Å²) in [5.41, 5.74) is 2.31. The van der Waals surface area contributed by atoms with Gasteiger partial charge in [0.1, 0.15) is 51.2 Å². The molecule has 0 bridgehead atoms. The summed E-state index contributed by atoms with van der Waals surface area (Å²) in [6.07, 6.45) is -0.386. The molecule has 118 valence electrons. The van der Waals surface area contributed by atoms with Crippen LogP contribution in [0.5, 0.6) is 5.75 Å². The summed E-state index contributed by atoms with van der Waals surface area (Å²) in [5, 5.41) is 10.2. The molecule has 0 amide bonds. The SMILES string of the molecule is CC[NH+]1CC[NH+](C[C@@H](O)COc2cc(C)ccc2C)CC1. The fraction of sp³-hybridized carbons (Fsp3) is 0.647. The highest BCUT2D eigenvalue weighted by Crippen LogP contribution is 2.19. The largest absolute Gasteiger partial charge is 0.490 e. The van der Waals surface area contributed by atoms with Crippen molar-refractivity contribution in [3.8, 4) is 5.75 Å². The lowest BCUT2D eigenvalue weighted by Crippen LogP contribution is -3.28. The van der Waals surface area contributed by atoms with Crippen LogP contribution in [0.4, 0.5) is 0 Å². The molecule has 0 spiro atoms. The minimum Gasteiger partial charge on any atom is -0.490 e. The second kappa shape index (κ2) is 7.78. The van der Waals surface area contributed by atoms with Gasteiger partial charge in [-0.25, -0.2) is 0 Å². The molecule has 4 heteroatoms. The van der Waals surface area contributed by atoms with Crippen LogP contribution >= 0.6 is 0 Å². The molecule has 0 aromatic heterocycles. The third-order valence-electron chi connectivity index (χ3n) is 4.46. The van der Waals surface area contributed by atoms with Gasteiger partial charge in [0.25, 0.3) is 0 Å². The Morgan fingerprint density at radius 3 is 2.48 bits per heavy atom. The number of ether oxygens (including phenoxy) is 1. The zero-order chi connectivity index (χ0) is 15.2. The van der Waals surface area contributed by atoms with Crippen molar-refractivity contribution in [1.82, 2.24) is 0 Å². The molecule has 0 aliphatic carbocycles. The molecule has 1 aromatic rings. The van der Waals surface area contributed by atoms with Crippen LogP contribution in [0.2, 0.25) is 0 Å². The minimum absolute atomic E-state index is 0.386. The van der Waals surface area contributed by atoms with Crippen LogP contribution < -0.4 is 14.5 Å². The number of aliphatic hydroxyl groups excluding tert-OH is 1. The van der Waals surface area contributed by atoms with Gasteiger partial charge in [0.2, 0.25) is 0 Å². The van der Waals surface area contributed by atoms with E-state index in [1.54, 1.807) is 4.90 Å². The normalized spacial score (nSPS) is 23.8. The van der Waals surface area contributed by atoms with Gasteiger partial charge in [-0.1, -0.05) is 12.1 Å². The van der Waals surface area contributed by atoms with E-state index in [2.05, 4.69) is 26.0 Å². The summed E-state index contributed by atoms with van der Waals surface area (Å²) < 4.78 is 5.79. The molecular weight excluding hydrogens is 264 g/mol. The molecule has 21 heavy (non-hydrogen) atoms. The average Bonchev–Trinajstić information content (AvgIpc) is 2.49. The van der Waals surface area contributed by atoms with Crippen molar-refractivity contribution in [1.29, 1.82) is 0 Å². The van der Waals surface area contributed by atoms with E-state index < -0.39 is 0 Å². The first-order chi connectivity index (χ1) is 10.1. The van der Waals surface area contributed by atoms with E-state index in [0.29, 0.717) is 6.61 Å². The molecule has 0 saturated carbocycles.